The molecule has 0 spiro atoms. The third kappa shape index (κ3) is 4.58. The van der Waals surface area contributed by atoms with Gasteiger partial charge in [-0.1, -0.05) is 99.6 Å². The molecular weight excluding hydrogens is 280 g/mol. The molecule has 0 bridgehead atoms. The molecule has 22 heavy (non-hydrogen) atoms. The molecule has 0 amide bonds. The fourth-order valence-electron chi connectivity index (χ4n) is 4.31. The Hall–Kier alpha value is -0.823. The standard InChI is InChI=1S/C21H31Si/c1-4-11-19(12-5-1)13-10-18-22(20-14-6-2-7-15-20)21-16-8-3-9-17-21/h6-9,14-17,19-21H,1-5,10-13,18H2. The molecule has 0 aromatic rings. The smallest absolute Gasteiger partial charge is 0.0725 e. The third-order valence-corrected chi connectivity index (χ3v) is 8.99. The van der Waals surface area contributed by atoms with E-state index < -0.39 is 8.80 Å². The Labute approximate surface area is 138 Å². The van der Waals surface area contributed by atoms with Gasteiger partial charge in [0.15, 0.2) is 0 Å². The van der Waals surface area contributed by atoms with Crippen molar-refractivity contribution in [2.75, 3.05) is 0 Å². The number of hydrogen-bond acceptors (Lipinski definition) is 0. The molecule has 1 fully saturated rings. The van der Waals surface area contributed by atoms with Gasteiger partial charge < -0.3 is 0 Å². The quantitative estimate of drug-likeness (QED) is 0.382. The van der Waals surface area contributed by atoms with Crippen molar-refractivity contribution in [1.29, 1.82) is 0 Å². The highest BCUT2D eigenvalue weighted by atomic mass is 28.3. The Kier molecular flexibility index (Phi) is 6.36. The minimum absolute atomic E-state index is 0.393. The molecule has 1 saturated carbocycles. The van der Waals surface area contributed by atoms with Crippen molar-refractivity contribution >= 4 is 8.80 Å². The molecule has 0 aliphatic heterocycles. The molecule has 0 aromatic heterocycles. The second kappa shape index (κ2) is 8.72. The molecule has 1 radical (unpaired) electrons. The number of rotatable bonds is 6. The average molecular weight is 312 g/mol. The van der Waals surface area contributed by atoms with E-state index in [-0.39, 0.29) is 0 Å². The lowest BCUT2D eigenvalue weighted by Crippen LogP contribution is -2.24. The van der Waals surface area contributed by atoms with Crippen molar-refractivity contribution in [3.05, 3.63) is 48.6 Å². The molecule has 0 nitrogen and oxygen atoms in total. The van der Waals surface area contributed by atoms with E-state index in [1.54, 1.807) is 0 Å². The predicted molar refractivity (Wildman–Crippen MR) is 99.7 cm³/mol. The zero-order chi connectivity index (χ0) is 15.0. The summed E-state index contributed by atoms with van der Waals surface area (Å²) in [4.78, 5) is 0. The topological polar surface area (TPSA) is 0 Å². The van der Waals surface area contributed by atoms with Crippen LogP contribution < -0.4 is 0 Å². The first-order valence-corrected chi connectivity index (χ1v) is 11.3. The summed E-state index contributed by atoms with van der Waals surface area (Å²) in [6.45, 7) is 0. The Morgan fingerprint density at radius 1 is 0.727 bits per heavy atom. The van der Waals surface area contributed by atoms with Crippen molar-refractivity contribution in [3.8, 4) is 0 Å². The van der Waals surface area contributed by atoms with Gasteiger partial charge in [0.2, 0.25) is 0 Å². The van der Waals surface area contributed by atoms with Crippen molar-refractivity contribution in [3.63, 3.8) is 0 Å². The van der Waals surface area contributed by atoms with Crippen LogP contribution in [0.2, 0.25) is 17.1 Å². The van der Waals surface area contributed by atoms with Crippen molar-refractivity contribution < 1.29 is 0 Å². The largest absolute Gasteiger partial charge is 0.0845 e. The van der Waals surface area contributed by atoms with Gasteiger partial charge >= 0.3 is 0 Å². The van der Waals surface area contributed by atoms with Crippen LogP contribution in [0, 0.1) is 5.92 Å². The van der Waals surface area contributed by atoms with Gasteiger partial charge in [-0.15, -0.1) is 0 Å². The second-order valence-corrected chi connectivity index (χ2v) is 10.2. The van der Waals surface area contributed by atoms with Crippen LogP contribution in [0.4, 0.5) is 0 Å². The van der Waals surface area contributed by atoms with E-state index in [2.05, 4.69) is 48.6 Å². The lowest BCUT2D eigenvalue weighted by atomic mass is 9.86. The minimum atomic E-state index is -0.393. The first-order chi connectivity index (χ1) is 10.9. The zero-order valence-electron chi connectivity index (χ0n) is 13.9. The summed E-state index contributed by atoms with van der Waals surface area (Å²) in [6, 6.07) is 1.49. The van der Waals surface area contributed by atoms with Gasteiger partial charge in [0.1, 0.15) is 0 Å². The number of hydrogen-bond donors (Lipinski definition) is 0. The summed E-state index contributed by atoms with van der Waals surface area (Å²) in [5, 5.41) is 0. The first-order valence-electron chi connectivity index (χ1n) is 9.46. The summed E-state index contributed by atoms with van der Waals surface area (Å²) in [6.07, 6.45) is 32.3. The van der Waals surface area contributed by atoms with E-state index in [0.29, 0.717) is 0 Å². The van der Waals surface area contributed by atoms with Gasteiger partial charge in [-0.2, -0.15) is 0 Å². The molecule has 3 rings (SSSR count). The van der Waals surface area contributed by atoms with E-state index in [1.807, 2.05) is 0 Å². The SMILES string of the molecule is C1=CC([Si](CCCC2CCCCC2)C2C=CCC=C2)C=CC1. The highest BCUT2D eigenvalue weighted by Crippen LogP contribution is 2.35. The van der Waals surface area contributed by atoms with E-state index in [4.69, 9.17) is 0 Å². The van der Waals surface area contributed by atoms with Gasteiger partial charge in [-0.3, -0.25) is 0 Å². The predicted octanol–water partition coefficient (Wildman–Crippen LogP) is 6.61. The molecule has 0 saturated heterocycles. The maximum absolute atomic E-state index is 2.51. The lowest BCUT2D eigenvalue weighted by Gasteiger charge is -2.29. The van der Waals surface area contributed by atoms with Gasteiger partial charge in [-0.05, 0) is 29.8 Å². The van der Waals surface area contributed by atoms with Crippen LogP contribution in [-0.2, 0) is 0 Å². The van der Waals surface area contributed by atoms with Gasteiger partial charge in [-0.25, -0.2) is 0 Å². The molecule has 3 aliphatic carbocycles. The summed E-state index contributed by atoms with van der Waals surface area (Å²) in [7, 11) is -0.393. The van der Waals surface area contributed by atoms with Crippen LogP contribution in [0.1, 0.15) is 57.8 Å². The van der Waals surface area contributed by atoms with Crippen LogP contribution >= 0.6 is 0 Å². The average Bonchev–Trinajstić information content (AvgIpc) is 2.61. The summed E-state index contributed by atoms with van der Waals surface area (Å²) in [5.74, 6) is 1.05. The van der Waals surface area contributed by atoms with Crippen LogP contribution in [0.5, 0.6) is 0 Å². The highest BCUT2D eigenvalue weighted by Gasteiger charge is 2.27. The van der Waals surface area contributed by atoms with Crippen molar-refractivity contribution in [2.45, 2.75) is 74.9 Å². The fraction of sp³-hybridized carbons (Fsp3) is 0.619. The second-order valence-electron chi connectivity index (χ2n) is 7.21. The maximum atomic E-state index is 2.51. The van der Waals surface area contributed by atoms with Gasteiger partial charge in [0.25, 0.3) is 0 Å². The van der Waals surface area contributed by atoms with Crippen molar-refractivity contribution in [1.82, 2.24) is 0 Å². The molecule has 0 atom stereocenters. The normalized spacial score (nSPS) is 23.7. The summed E-state index contributed by atoms with van der Waals surface area (Å²) >= 11 is 0. The molecule has 0 aromatic carbocycles. The lowest BCUT2D eigenvalue weighted by molar-refractivity contribution is 0.336. The molecule has 3 aliphatic rings. The first kappa shape index (κ1) is 16.0. The van der Waals surface area contributed by atoms with E-state index in [9.17, 15) is 0 Å². The Morgan fingerprint density at radius 3 is 1.82 bits per heavy atom. The molecule has 1 heteroatoms. The molecule has 0 N–H and O–H groups in total. The van der Waals surface area contributed by atoms with Gasteiger partial charge in [0, 0.05) is 0 Å². The van der Waals surface area contributed by atoms with E-state index in [1.165, 1.54) is 51.0 Å². The Balaban J connectivity index is 1.55. The fourth-order valence-corrected chi connectivity index (χ4v) is 7.56. The summed E-state index contributed by atoms with van der Waals surface area (Å²) in [5.41, 5.74) is 1.50. The van der Waals surface area contributed by atoms with Gasteiger partial charge in [0.05, 0.1) is 8.80 Å². The van der Waals surface area contributed by atoms with E-state index >= 15 is 0 Å². The van der Waals surface area contributed by atoms with Crippen LogP contribution in [-0.4, -0.2) is 8.80 Å². The third-order valence-electron chi connectivity index (χ3n) is 5.58. The number of allylic oxidation sites excluding steroid dienone is 8. The van der Waals surface area contributed by atoms with Crippen LogP contribution in [0.25, 0.3) is 0 Å². The molecule has 119 valence electrons. The highest BCUT2D eigenvalue weighted by molar-refractivity contribution is 6.64. The molecule has 0 heterocycles. The van der Waals surface area contributed by atoms with Crippen LogP contribution in [0.3, 0.4) is 0 Å². The Bertz CT molecular complexity index is 383. The molecule has 0 unspecified atom stereocenters. The van der Waals surface area contributed by atoms with E-state index in [0.717, 1.165) is 29.8 Å². The maximum Gasteiger partial charge on any atom is 0.0725 e. The molecular formula is C21H31Si. The Morgan fingerprint density at radius 2 is 1.27 bits per heavy atom. The zero-order valence-corrected chi connectivity index (χ0v) is 14.9. The summed E-state index contributed by atoms with van der Waals surface area (Å²) < 4.78 is 0. The monoisotopic (exact) mass is 311 g/mol. The van der Waals surface area contributed by atoms with Crippen molar-refractivity contribution in [2.24, 2.45) is 5.92 Å². The minimum Gasteiger partial charge on any atom is -0.0845 e. The van der Waals surface area contributed by atoms with Crippen LogP contribution in [0.15, 0.2) is 48.6 Å².